The second-order valence-corrected chi connectivity index (χ2v) is 8.72. The van der Waals surface area contributed by atoms with Gasteiger partial charge in [-0.2, -0.15) is 0 Å². The molecule has 0 spiro atoms. The smallest absolute Gasteiger partial charge is 0.257 e. The number of carbonyl (C=O) groups is 1. The number of nitrogens with zero attached hydrogens (tertiary/aromatic N) is 1. The summed E-state index contributed by atoms with van der Waals surface area (Å²) < 4.78 is 23.0. The van der Waals surface area contributed by atoms with E-state index in [1.54, 1.807) is 18.2 Å². The van der Waals surface area contributed by atoms with Gasteiger partial charge in [0.15, 0.2) is 0 Å². The number of aromatic nitrogens is 1. The fraction of sp³-hybridized carbons (Fsp3) is 0.368. The van der Waals surface area contributed by atoms with Crippen LogP contribution < -0.4 is 20.1 Å². The van der Waals surface area contributed by atoms with E-state index < -0.39 is 7.37 Å². The number of benzene rings is 1. The zero-order valence-electron chi connectivity index (χ0n) is 15.9. The van der Waals surface area contributed by atoms with E-state index in [-0.39, 0.29) is 23.1 Å². The molecule has 0 saturated heterocycles. The Balaban J connectivity index is 2.21. The highest BCUT2D eigenvalue weighted by Crippen LogP contribution is 2.33. The lowest BCUT2D eigenvalue weighted by molar-refractivity contribution is 0.102. The standard InChI is InChI=1S/C19H25N2O5P/c1-5-8-25-15-9-14(10-16(11-15)26-13(2)3)19(22)21-18-7-6-17(12-20-18)27(4,23)24/h6-7,9-13H,5,8H2,1-4H3,(H,23,24)(H,20,21,22). The average molecular weight is 392 g/mol. The molecule has 0 aliphatic rings. The van der Waals surface area contributed by atoms with Crippen molar-refractivity contribution in [3.63, 3.8) is 0 Å². The minimum atomic E-state index is -3.38. The molecule has 8 heteroatoms. The van der Waals surface area contributed by atoms with E-state index in [9.17, 15) is 14.3 Å². The molecule has 146 valence electrons. The third-order valence-corrected chi connectivity index (χ3v) is 4.68. The molecule has 1 amide bonds. The molecule has 2 N–H and O–H groups in total. The van der Waals surface area contributed by atoms with Crippen molar-refractivity contribution in [1.29, 1.82) is 0 Å². The third-order valence-electron chi connectivity index (χ3n) is 3.46. The minimum Gasteiger partial charge on any atom is -0.493 e. The lowest BCUT2D eigenvalue weighted by atomic mass is 10.2. The van der Waals surface area contributed by atoms with Crippen LogP contribution in [-0.2, 0) is 4.57 Å². The first-order chi connectivity index (χ1) is 12.7. The van der Waals surface area contributed by atoms with Crippen molar-refractivity contribution in [2.75, 3.05) is 18.6 Å². The van der Waals surface area contributed by atoms with E-state index in [0.29, 0.717) is 23.7 Å². The number of amides is 1. The molecule has 0 saturated carbocycles. The number of carbonyl (C=O) groups excluding carboxylic acids is 1. The number of nitrogens with one attached hydrogen (secondary N) is 1. The molecule has 1 unspecified atom stereocenters. The van der Waals surface area contributed by atoms with Crippen LogP contribution in [0.25, 0.3) is 0 Å². The summed E-state index contributed by atoms with van der Waals surface area (Å²) in [6.07, 6.45) is 2.09. The lowest BCUT2D eigenvalue weighted by Crippen LogP contribution is -2.15. The molecule has 0 bridgehead atoms. The number of rotatable bonds is 8. The Bertz CT molecular complexity index is 830. The van der Waals surface area contributed by atoms with Crippen molar-refractivity contribution in [3.05, 3.63) is 42.1 Å². The molecule has 0 radical (unpaired) electrons. The Morgan fingerprint density at radius 1 is 1.26 bits per heavy atom. The van der Waals surface area contributed by atoms with Gasteiger partial charge in [0.05, 0.1) is 18.0 Å². The molecule has 1 aromatic carbocycles. The van der Waals surface area contributed by atoms with Gasteiger partial charge in [-0.3, -0.25) is 9.36 Å². The molecule has 1 aromatic heterocycles. The molecular formula is C19H25N2O5P. The van der Waals surface area contributed by atoms with Crippen molar-refractivity contribution in [2.45, 2.75) is 33.3 Å². The molecule has 7 nitrogen and oxygen atoms in total. The van der Waals surface area contributed by atoms with Crippen LogP contribution in [0.2, 0.25) is 0 Å². The van der Waals surface area contributed by atoms with Crippen LogP contribution in [0.5, 0.6) is 11.5 Å². The summed E-state index contributed by atoms with van der Waals surface area (Å²) in [6.45, 7) is 7.57. The van der Waals surface area contributed by atoms with E-state index in [2.05, 4.69) is 10.3 Å². The zero-order valence-corrected chi connectivity index (χ0v) is 16.8. The van der Waals surface area contributed by atoms with Gasteiger partial charge in [-0.1, -0.05) is 6.92 Å². The Hall–Kier alpha value is -2.37. The second kappa shape index (κ2) is 9.02. The van der Waals surface area contributed by atoms with E-state index in [4.69, 9.17) is 9.47 Å². The summed E-state index contributed by atoms with van der Waals surface area (Å²) in [4.78, 5) is 26.2. The first kappa shape index (κ1) is 20.9. The minimum absolute atomic E-state index is 0.0419. The highest BCUT2D eigenvalue weighted by molar-refractivity contribution is 7.65. The average Bonchev–Trinajstić information content (AvgIpc) is 2.59. The molecule has 27 heavy (non-hydrogen) atoms. The van der Waals surface area contributed by atoms with Gasteiger partial charge in [-0.25, -0.2) is 4.98 Å². The second-order valence-electron chi connectivity index (χ2n) is 6.44. The van der Waals surface area contributed by atoms with E-state index in [0.717, 1.165) is 6.42 Å². The number of hydrogen-bond donors (Lipinski definition) is 2. The fourth-order valence-electron chi connectivity index (χ4n) is 2.24. The van der Waals surface area contributed by atoms with Crippen molar-refractivity contribution in [2.24, 2.45) is 0 Å². The Kier molecular flexibility index (Phi) is 6.99. The van der Waals surface area contributed by atoms with Gasteiger partial charge in [0.25, 0.3) is 5.91 Å². The van der Waals surface area contributed by atoms with Crippen LogP contribution in [0.4, 0.5) is 5.82 Å². The maximum atomic E-state index is 12.6. The van der Waals surface area contributed by atoms with E-state index in [1.807, 2.05) is 20.8 Å². The molecular weight excluding hydrogens is 367 g/mol. The van der Waals surface area contributed by atoms with Gasteiger partial charge >= 0.3 is 0 Å². The van der Waals surface area contributed by atoms with Crippen LogP contribution in [0, 0.1) is 0 Å². The molecule has 2 aromatic rings. The van der Waals surface area contributed by atoms with Gasteiger partial charge in [0.1, 0.15) is 17.3 Å². The van der Waals surface area contributed by atoms with E-state index in [1.165, 1.54) is 25.0 Å². The summed E-state index contributed by atoms with van der Waals surface area (Å²) in [5, 5.41) is 2.89. The maximum absolute atomic E-state index is 12.6. The lowest BCUT2D eigenvalue weighted by Gasteiger charge is -2.14. The Morgan fingerprint density at radius 3 is 2.52 bits per heavy atom. The largest absolute Gasteiger partial charge is 0.493 e. The van der Waals surface area contributed by atoms with Gasteiger partial charge in [0, 0.05) is 24.5 Å². The highest BCUT2D eigenvalue weighted by atomic mass is 31.2. The summed E-state index contributed by atoms with van der Waals surface area (Å²) in [5.74, 6) is 0.993. The first-order valence-corrected chi connectivity index (χ1v) is 10.8. The fourth-order valence-corrected chi connectivity index (χ4v) is 2.86. The van der Waals surface area contributed by atoms with Crippen molar-refractivity contribution in [3.8, 4) is 11.5 Å². The molecule has 0 aliphatic heterocycles. The van der Waals surface area contributed by atoms with Crippen LogP contribution in [0.1, 0.15) is 37.6 Å². The van der Waals surface area contributed by atoms with Crippen LogP contribution in [0.15, 0.2) is 36.5 Å². The predicted molar refractivity (Wildman–Crippen MR) is 106 cm³/mol. The van der Waals surface area contributed by atoms with Crippen molar-refractivity contribution >= 4 is 24.4 Å². The number of hydrogen-bond acceptors (Lipinski definition) is 5. The topological polar surface area (TPSA) is 97.8 Å². The summed E-state index contributed by atoms with van der Waals surface area (Å²) >= 11 is 0. The van der Waals surface area contributed by atoms with Crippen LogP contribution >= 0.6 is 7.37 Å². The quantitative estimate of drug-likeness (QED) is 0.668. The van der Waals surface area contributed by atoms with Crippen LogP contribution in [0.3, 0.4) is 0 Å². The Labute approximate surface area is 159 Å². The first-order valence-electron chi connectivity index (χ1n) is 8.72. The normalized spacial score (nSPS) is 13.1. The van der Waals surface area contributed by atoms with Gasteiger partial charge in [-0.05, 0) is 44.5 Å². The summed E-state index contributed by atoms with van der Waals surface area (Å²) in [5.41, 5.74) is 0.369. The number of ether oxygens (including phenoxy) is 2. The van der Waals surface area contributed by atoms with Crippen molar-refractivity contribution < 1.29 is 23.7 Å². The summed E-state index contributed by atoms with van der Waals surface area (Å²) in [7, 11) is -3.38. The maximum Gasteiger partial charge on any atom is 0.257 e. The number of pyridine rings is 1. The molecule has 0 aliphatic carbocycles. The van der Waals surface area contributed by atoms with Crippen LogP contribution in [-0.4, -0.2) is 35.2 Å². The predicted octanol–water partition coefficient (Wildman–Crippen LogP) is 3.44. The molecule has 2 rings (SSSR count). The van der Waals surface area contributed by atoms with Gasteiger partial charge < -0.3 is 19.7 Å². The SMILES string of the molecule is CCCOc1cc(OC(C)C)cc(C(=O)Nc2ccc(P(C)(=O)O)cn2)c1. The number of anilines is 1. The van der Waals surface area contributed by atoms with E-state index >= 15 is 0 Å². The summed E-state index contributed by atoms with van der Waals surface area (Å²) in [6, 6.07) is 7.98. The highest BCUT2D eigenvalue weighted by Gasteiger charge is 2.15. The monoisotopic (exact) mass is 392 g/mol. The van der Waals surface area contributed by atoms with Gasteiger partial charge in [0.2, 0.25) is 7.37 Å². The third kappa shape index (κ3) is 6.38. The molecule has 1 heterocycles. The van der Waals surface area contributed by atoms with Crippen molar-refractivity contribution in [1.82, 2.24) is 4.98 Å². The Morgan fingerprint density at radius 2 is 1.96 bits per heavy atom. The van der Waals surface area contributed by atoms with Gasteiger partial charge in [-0.15, -0.1) is 0 Å². The molecule has 0 fully saturated rings. The molecule has 1 atom stereocenters. The zero-order chi connectivity index (χ0) is 20.0.